The number of methoxy groups -OCH3 is 1. The van der Waals surface area contributed by atoms with E-state index in [1.54, 1.807) is 25.1 Å². The van der Waals surface area contributed by atoms with E-state index in [0.717, 1.165) is 10.0 Å². The highest BCUT2D eigenvalue weighted by molar-refractivity contribution is 14.1. The Morgan fingerprint density at radius 2 is 1.94 bits per heavy atom. The number of aryl methyl sites for hydroxylation is 1. The van der Waals surface area contributed by atoms with E-state index in [2.05, 4.69) is 59.7 Å². The maximum atomic E-state index is 12.3. The van der Waals surface area contributed by atoms with Crippen molar-refractivity contribution in [1.29, 1.82) is 0 Å². The third kappa shape index (κ3) is 8.28. The maximum absolute atomic E-state index is 12.3. The standard InChI is InChI=1S/C23H26BrIN4O5/c1-5-14(3)27-22(31)23(32)29-26-11-15-9-18(25)21(19(10-15)33-4)34-12-20(30)28-16-6-7-17(24)13(2)8-16/h6-11,14H,5,12H2,1-4H3,(H,27,31)(H,28,30)(H,29,32)/b26-11-/t14-/m1/s1. The van der Waals surface area contributed by atoms with Crippen LogP contribution in [0.5, 0.6) is 11.5 Å². The molecule has 2 aromatic rings. The molecule has 0 radical (unpaired) electrons. The number of hydrazone groups is 1. The summed E-state index contributed by atoms with van der Waals surface area (Å²) in [4.78, 5) is 35.9. The van der Waals surface area contributed by atoms with Gasteiger partial charge in [-0.25, -0.2) is 5.43 Å². The van der Waals surface area contributed by atoms with Crippen molar-refractivity contribution in [1.82, 2.24) is 10.7 Å². The smallest absolute Gasteiger partial charge is 0.329 e. The average Bonchev–Trinajstić information content (AvgIpc) is 2.80. The minimum atomic E-state index is -0.856. The summed E-state index contributed by atoms with van der Waals surface area (Å²) in [6.07, 6.45) is 2.09. The van der Waals surface area contributed by atoms with Crippen molar-refractivity contribution in [2.45, 2.75) is 33.2 Å². The number of carbonyl (C=O) groups is 3. The Morgan fingerprint density at radius 1 is 1.21 bits per heavy atom. The summed E-state index contributed by atoms with van der Waals surface area (Å²) in [5.74, 6) is -1.13. The summed E-state index contributed by atoms with van der Waals surface area (Å²) in [7, 11) is 1.48. The fourth-order valence-corrected chi connectivity index (χ4v) is 3.65. The van der Waals surface area contributed by atoms with Crippen LogP contribution < -0.4 is 25.5 Å². The monoisotopic (exact) mass is 644 g/mol. The quantitative estimate of drug-likeness (QED) is 0.166. The minimum absolute atomic E-state index is 0.110. The van der Waals surface area contributed by atoms with Crippen LogP contribution in [0.4, 0.5) is 5.69 Å². The van der Waals surface area contributed by atoms with Gasteiger partial charge in [0.2, 0.25) is 0 Å². The number of rotatable bonds is 9. The van der Waals surface area contributed by atoms with Crippen molar-refractivity contribution in [2.24, 2.45) is 5.10 Å². The molecule has 3 amide bonds. The molecule has 0 saturated carbocycles. The van der Waals surface area contributed by atoms with E-state index in [9.17, 15) is 14.4 Å². The molecule has 0 aliphatic rings. The van der Waals surface area contributed by atoms with Gasteiger partial charge in [-0.15, -0.1) is 0 Å². The molecule has 0 bridgehead atoms. The summed E-state index contributed by atoms with van der Waals surface area (Å²) in [6.45, 7) is 5.43. The van der Waals surface area contributed by atoms with Crippen molar-refractivity contribution in [3.63, 3.8) is 0 Å². The maximum Gasteiger partial charge on any atom is 0.329 e. The molecule has 11 heteroatoms. The minimum Gasteiger partial charge on any atom is -0.493 e. The molecule has 0 unspecified atom stereocenters. The van der Waals surface area contributed by atoms with Crippen molar-refractivity contribution in [2.75, 3.05) is 19.0 Å². The zero-order chi connectivity index (χ0) is 25.3. The lowest BCUT2D eigenvalue weighted by Crippen LogP contribution is -2.41. The second kappa shape index (κ2) is 13.3. The molecule has 9 nitrogen and oxygen atoms in total. The second-order valence-corrected chi connectivity index (χ2v) is 9.33. The van der Waals surface area contributed by atoms with Crippen LogP contribution >= 0.6 is 38.5 Å². The molecule has 2 aromatic carbocycles. The van der Waals surface area contributed by atoms with Crippen LogP contribution in [0.25, 0.3) is 0 Å². The molecule has 0 spiro atoms. The Balaban J connectivity index is 2.00. The molecule has 0 saturated heterocycles. The summed E-state index contributed by atoms with van der Waals surface area (Å²) in [5, 5.41) is 9.17. The zero-order valence-electron chi connectivity index (χ0n) is 19.2. The van der Waals surface area contributed by atoms with E-state index in [1.165, 1.54) is 13.3 Å². The molecule has 0 aliphatic carbocycles. The first-order chi connectivity index (χ1) is 16.1. The molecule has 34 heavy (non-hydrogen) atoms. The molecule has 182 valence electrons. The zero-order valence-corrected chi connectivity index (χ0v) is 22.9. The van der Waals surface area contributed by atoms with Gasteiger partial charge in [0.1, 0.15) is 0 Å². The van der Waals surface area contributed by atoms with Crippen LogP contribution in [0.1, 0.15) is 31.4 Å². The highest BCUT2D eigenvalue weighted by atomic mass is 127. The Bertz CT molecular complexity index is 1090. The van der Waals surface area contributed by atoms with Crippen molar-refractivity contribution in [3.05, 3.63) is 49.5 Å². The number of benzene rings is 2. The Labute approximate surface area is 220 Å². The molecule has 0 aliphatic heterocycles. The van der Waals surface area contributed by atoms with Gasteiger partial charge in [-0.2, -0.15) is 5.10 Å². The van der Waals surface area contributed by atoms with Gasteiger partial charge in [-0.3, -0.25) is 14.4 Å². The first-order valence-corrected chi connectivity index (χ1v) is 12.2. The van der Waals surface area contributed by atoms with Crippen LogP contribution in [0.15, 0.2) is 39.9 Å². The number of nitrogens with zero attached hydrogens (tertiary/aromatic N) is 1. The molecule has 0 fully saturated rings. The highest BCUT2D eigenvalue weighted by Gasteiger charge is 2.15. The van der Waals surface area contributed by atoms with Crippen LogP contribution in [-0.4, -0.2) is 43.7 Å². The van der Waals surface area contributed by atoms with E-state index in [0.29, 0.717) is 32.7 Å². The van der Waals surface area contributed by atoms with Gasteiger partial charge in [0.25, 0.3) is 5.91 Å². The first-order valence-electron chi connectivity index (χ1n) is 10.3. The summed E-state index contributed by atoms with van der Waals surface area (Å²) < 4.78 is 12.7. The van der Waals surface area contributed by atoms with Crippen LogP contribution in [0.3, 0.4) is 0 Å². The Kier molecular flexibility index (Phi) is 10.8. The topological polar surface area (TPSA) is 118 Å². The number of amides is 3. The molecule has 1 atom stereocenters. The highest BCUT2D eigenvalue weighted by Crippen LogP contribution is 2.33. The normalized spacial score (nSPS) is 11.6. The molecule has 0 aromatic heterocycles. The largest absolute Gasteiger partial charge is 0.493 e. The number of halogens is 2. The molecular weight excluding hydrogens is 619 g/mol. The lowest BCUT2D eigenvalue weighted by atomic mass is 10.2. The average molecular weight is 645 g/mol. The predicted octanol–water partition coefficient (Wildman–Crippen LogP) is 3.75. The summed E-state index contributed by atoms with van der Waals surface area (Å²) in [6, 6.07) is 8.78. The predicted molar refractivity (Wildman–Crippen MR) is 142 cm³/mol. The number of nitrogens with one attached hydrogen (secondary N) is 3. The van der Waals surface area contributed by atoms with E-state index in [4.69, 9.17) is 9.47 Å². The molecule has 0 heterocycles. The fraction of sp³-hybridized carbons (Fsp3) is 0.304. The van der Waals surface area contributed by atoms with Gasteiger partial charge in [0, 0.05) is 16.2 Å². The van der Waals surface area contributed by atoms with Crippen molar-refractivity contribution >= 4 is 68.1 Å². The van der Waals surface area contributed by atoms with Crippen LogP contribution in [0, 0.1) is 10.5 Å². The number of hydrogen-bond acceptors (Lipinski definition) is 6. The summed E-state index contributed by atoms with van der Waals surface area (Å²) >= 11 is 5.48. The number of hydrogen-bond donors (Lipinski definition) is 3. The lowest BCUT2D eigenvalue weighted by Gasteiger charge is -2.14. The van der Waals surface area contributed by atoms with Crippen LogP contribution in [-0.2, 0) is 14.4 Å². The summed E-state index contributed by atoms with van der Waals surface area (Å²) in [5.41, 5.74) is 4.46. The van der Waals surface area contributed by atoms with E-state index < -0.39 is 11.8 Å². The first kappa shape index (κ1) is 27.6. The Hall–Kier alpha value is -2.67. The lowest BCUT2D eigenvalue weighted by molar-refractivity contribution is -0.139. The van der Waals surface area contributed by atoms with Crippen molar-refractivity contribution in [3.8, 4) is 11.5 Å². The molecular formula is C23H26BrIN4O5. The van der Waals surface area contributed by atoms with Crippen molar-refractivity contribution < 1.29 is 23.9 Å². The van der Waals surface area contributed by atoms with Gasteiger partial charge in [0.05, 0.1) is 16.9 Å². The third-order valence-corrected chi connectivity index (χ3v) is 6.31. The SMILES string of the molecule is CC[C@@H](C)NC(=O)C(=O)N/N=C\c1cc(I)c(OCC(=O)Nc2ccc(Br)c(C)c2)c(OC)c1. The fourth-order valence-electron chi connectivity index (χ4n) is 2.62. The van der Waals surface area contributed by atoms with Crippen LogP contribution in [0.2, 0.25) is 0 Å². The number of ether oxygens (including phenoxy) is 2. The van der Waals surface area contributed by atoms with E-state index >= 15 is 0 Å². The van der Waals surface area contributed by atoms with E-state index in [1.807, 2.05) is 26.0 Å². The second-order valence-electron chi connectivity index (χ2n) is 7.32. The van der Waals surface area contributed by atoms with E-state index in [-0.39, 0.29) is 18.6 Å². The van der Waals surface area contributed by atoms with Gasteiger partial charge < -0.3 is 20.1 Å². The Morgan fingerprint density at radius 3 is 2.59 bits per heavy atom. The number of anilines is 1. The third-order valence-electron chi connectivity index (χ3n) is 4.62. The van der Waals surface area contributed by atoms with Gasteiger partial charge in [0.15, 0.2) is 18.1 Å². The van der Waals surface area contributed by atoms with Gasteiger partial charge in [-0.1, -0.05) is 22.9 Å². The molecule has 2 rings (SSSR count). The molecule has 3 N–H and O–H groups in total. The van der Waals surface area contributed by atoms with Gasteiger partial charge >= 0.3 is 11.8 Å². The van der Waals surface area contributed by atoms with Gasteiger partial charge in [-0.05, 0) is 84.3 Å². The number of carbonyl (C=O) groups excluding carboxylic acids is 3.